The number of hydrogen-bond acceptors (Lipinski definition) is 5. The second-order valence-corrected chi connectivity index (χ2v) is 6.71. The molecule has 0 radical (unpaired) electrons. The van der Waals surface area contributed by atoms with Crippen molar-refractivity contribution in [2.45, 2.75) is 30.6 Å². The third-order valence-electron chi connectivity index (χ3n) is 4.19. The minimum Gasteiger partial charge on any atom is -0.341 e. The monoisotopic (exact) mass is 342 g/mol. The average molecular weight is 342 g/mol. The molecule has 6 heteroatoms. The van der Waals surface area contributed by atoms with Crippen LogP contribution in [0.5, 0.6) is 0 Å². The summed E-state index contributed by atoms with van der Waals surface area (Å²) >= 11 is 1.53. The quantitative estimate of drug-likeness (QED) is 0.617. The van der Waals surface area contributed by atoms with Gasteiger partial charge in [0.05, 0.1) is 0 Å². The van der Waals surface area contributed by atoms with Gasteiger partial charge in [-0.3, -0.25) is 4.79 Å². The molecule has 1 aromatic carbocycles. The van der Waals surface area contributed by atoms with Gasteiger partial charge in [-0.1, -0.05) is 42.1 Å². The third kappa shape index (κ3) is 4.55. The summed E-state index contributed by atoms with van der Waals surface area (Å²) < 4.78 is 0. The first-order valence-electron chi connectivity index (χ1n) is 8.14. The Morgan fingerprint density at radius 1 is 1.21 bits per heavy atom. The summed E-state index contributed by atoms with van der Waals surface area (Å²) in [6, 6.07) is 10.5. The van der Waals surface area contributed by atoms with Crippen LogP contribution < -0.4 is 5.32 Å². The predicted molar refractivity (Wildman–Crippen MR) is 95.8 cm³/mol. The van der Waals surface area contributed by atoms with Crippen LogP contribution in [0.3, 0.4) is 0 Å². The van der Waals surface area contributed by atoms with Gasteiger partial charge in [0.15, 0.2) is 5.16 Å². The second-order valence-electron chi connectivity index (χ2n) is 5.94. The van der Waals surface area contributed by atoms with Gasteiger partial charge in [-0.25, -0.2) is 9.97 Å². The summed E-state index contributed by atoms with van der Waals surface area (Å²) in [5.74, 6) is 0.234. The van der Waals surface area contributed by atoms with E-state index in [1.807, 2.05) is 41.7 Å². The van der Waals surface area contributed by atoms with Gasteiger partial charge in [0.1, 0.15) is 0 Å². The lowest BCUT2D eigenvalue weighted by Gasteiger charge is -2.17. The number of benzene rings is 1. The third-order valence-corrected chi connectivity index (χ3v) is 4.76. The van der Waals surface area contributed by atoms with Crippen molar-refractivity contribution in [1.29, 1.82) is 0 Å². The molecule has 1 aromatic heterocycles. The van der Waals surface area contributed by atoms with E-state index in [1.165, 1.54) is 17.3 Å². The van der Waals surface area contributed by atoms with Gasteiger partial charge in [0.2, 0.25) is 5.91 Å². The van der Waals surface area contributed by atoms with Gasteiger partial charge < -0.3 is 10.2 Å². The van der Waals surface area contributed by atoms with Crippen LogP contribution in [0.1, 0.15) is 17.5 Å². The highest BCUT2D eigenvalue weighted by atomic mass is 32.2. The molecule has 126 valence electrons. The smallest absolute Gasteiger partial charge is 0.224 e. The number of thioether (sulfide) groups is 1. The van der Waals surface area contributed by atoms with E-state index < -0.39 is 0 Å². The fourth-order valence-electron chi connectivity index (χ4n) is 2.84. The minimum atomic E-state index is 0.202. The summed E-state index contributed by atoms with van der Waals surface area (Å²) in [6.45, 7) is 2.25. The lowest BCUT2D eigenvalue weighted by molar-refractivity contribution is -0.127. The Hall–Kier alpha value is -1.92. The van der Waals surface area contributed by atoms with Gasteiger partial charge >= 0.3 is 0 Å². The Bertz CT molecular complexity index is 662. The molecule has 24 heavy (non-hydrogen) atoms. The Balaban J connectivity index is 1.45. The van der Waals surface area contributed by atoms with E-state index in [0.717, 1.165) is 30.2 Å². The molecule has 2 aromatic rings. The molecule has 1 aliphatic heterocycles. The van der Waals surface area contributed by atoms with Crippen molar-refractivity contribution in [3.05, 3.63) is 53.9 Å². The SMILES string of the molecule is CSc1ncc(CN[C@H]2CC(=O)N(CCc3ccccc3)C2)cn1. The molecule has 0 spiro atoms. The van der Waals surface area contributed by atoms with Gasteiger partial charge in [-0.2, -0.15) is 0 Å². The Kier molecular flexibility index (Phi) is 5.82. The fourth-order valence-corrected chi connectivity index (χ4v) is 3.15. The van der Waals surface area contributed by atoms with E-state index in [0.29, 0.717) is 13.0 Å². The number of carbonyl (C=O) groups is 1. The van der Waals surface area contributed by atoms with Crippen LogP contribution in [0.15, 0.2) is 47.9 Å². The summed E-state index contributed by atoms with van der Waals surface area (Å²) in [5.41, 5.74) is 2.32. The Labute approximate surface area is 146 Å². The topological polar surface area (TPSA) is 58.1 Å². The zero-order chi connectivity index (χ0) is 16.8. The molecule has 3 rings (SSSR count). The number of hydrogen-bond donors (Lipinski definition) is 1. The van der Waals surface area contributed by atoms with Gasteiger partial charge in [0, 0.05) is 50.1 Å². The highest BCUT2D eigenvalue weighted by molar-refractivity contribution is 7.98. The van der Waals surface area contributed by atoms with Crippen LogP contribution in [-0.4, -0.2) is 46.2 Å². The van der Waals surface area contributed by atoms with Crippen LogP contribution in [0.2, 0.25) is 0 Å². The summed E-state index contributed by atoms with van der Waals surface area (Å²) in [5, 5.41) is 4.22. The van der Waals surface area contributed by atoms with Gasteiger partial charge in [0.25, 0.3) is 0 Å². The molecular weight excluding hydrogens is 320 g/mol. The molecule has 1 amide bonds. The zero-order valence-corrected chi connectivity index (χ0v) is 14.6. The first kappa shape index (κ1) is 16.9. The molecule has 0 saturated carbocycles. The number of likely N-dealkylation sites (tertiary alicyclic amines) is 1. The molecule has 2 heterocycles. The van der Waals surface area contributed by atoms with Crippen molar-refractivity contribution < 1.29 is 4.79 Å². The second kappa shape index (κ2) is 8.26. The maximum atomic E-state index is 12.2. The number of rotatable bonds is 7. The van der Waals surface area contributed by atoms with Gasteiger partial charge in [-0.15, -0.1) is 0 Å². The van der Waals surface area contributed by atoms with Crippen LogP contribution in [0.4, 0.5) is 0 Å². The highest BCUT2D eigenvalue weighted by Gasteiger charge is 2.28. The molecule has 0 unspecified atom stereocenters. The predicted octanol–water partition coefficient (Wildman–Crippen LogP) is 2.13. The molecule has 0 bridgehead atoms. The molecule has 0 aliphatic carbocycles. The Morgan fingerprint density at radius 2 is 1.96 bits per heavy atom. The minimum absolute atomic E-state index is 0.202. The lowest BCUT2D eigenvalue weighted by Crippen LogP contribution is -2.33. The van der Waals surface area contributed by atoms with E-state index in [1.54, 1.807) is 0 Å². The number of amides is 1. The van der Waals surface area contributed by atoms with E-state index in [-0.39, 0.29) is 11.9 Å². The summed E-state index contributed by atoms with van der Waals surface area (Å²) in [6.07, 6.45) is 7.12. The standard InChI is InChI=1S/C18H22N4OS/c1-24-18-20-11-15(12-21-18)10-19-16-9-17(23)22(13-16)8-7-14-5-3-2-4-6-14/h2-6,11-12,16,19H,7-10,13H2,1H3/t16-/m0/s1. The highest BCUT2D eigenvalue weighted by Crippen LogP contribution is 2.13. The molecule has 1 atom stereocenters. The summed E-state index contributed by atoms with van der Waals surface area (Å²) in [7, 11) is 0. The van der Waals surface area contributed by atoms with E-state index in [2.05, 4.69) is 27.4 Å². The fraction of sp³-hybridized carbons (Fsp3) is 0.389. The van der Waals surface area contributed by atoms with Crippen molar-refractivity contribution in [3.63, 3.8) is 0 Å². The van der Waals surface area contributed by atoms with Crippen molar-refractivity contribution in [2.24, 2.45) is 0 Å². The molecule has 1 saturated heterocycles. The van der Waals surface area contributed by atoms with Crippen LogP contribution in [0, 0.1) is 0 Å². The number of nitrogens with one attached hydrogen (secondary N) is 1. The first-order chi connectivity index (χ1) is 11.7. The van der Waals surface area contributed by atoms with Crippen molar-refractivity contribution >= 4 is 17.7 Å². The number of carbonyl (C=O) groups excluding carboxylic acids is 1. The lowest BCUT2D eigenvalue weighted by atomic mass is 10.1. The van der Waals surface area contributed by atoms with E-state index in [9.17, 15) is 4.79 Å². The molecule has 1 fully saturated rings. The normalized spacial score (nSPS) is 17.5. The maximum absolute atomic E-state index is 12.2. The molecular formula is C18H22N4OS. The first-order valence-corrected chi connectivity index (χ1v) is 9.37. The Morgan fingerprint density at radius 3 is 2.67 bits per heavy atom. The number of nitrogens with zero attached hydrogens (tertiary/aromatic N) is 3. The van der Waals surface area contributed by atoms with Crippen molar-refractivity contribution in [2.75, 3.05) is 19.3 Å². The molecule has 1 N–H and O–H groups in total. The van der Waals surface area contributed by atoms with Crippen LogP contribution >= 0.6 is 11.8 Å². The number of aromatic nitrogens is 2. The molecule has 5 nitrogen and oxygen atoms in total. The molecule has 1 aliphatic rings. The van der Waals surface area contributed by atoms with Crippen LogP contribution in [0.25, 0.3) is 0 Å². The largest absolute Gasteiger partial charge is 0.341 e. The van der Waals surface area contributed by atoms with E-state index in [4.69, 9.17) is 0 Å². The summed E-state index contributed by atoms with van der Waals surface area (Å²) in [4.78, 5) is 22.7. The average Bonchev–Trinajstić information content (AvgIpc) is 2.99. The van der Waals surface area contributed by atoms with E-state index >= 15 is 0 Å². The van der Waals surface area contributed by atoms with Gasteiger partial charge in [-0.05, 0) is 18.2 Å². The van der Waals surface area contributed by atoms with Crippen molar-refractivity contribution in [3.8, 4) is 0 Å². The van der Waals surface area contributed by atoms with Crippen molar-refractivity contribution in [1.82, 2.24) is 20.2 Å². The van der Waals surface area contributed by atoms with Crippen LogP contribution in [-0.2, 0) is 17.8 Å². The zero-order valence-electron chi connectivity index (χ0n) is 13.8. The maximum Gasteiger partial charge on any atom is 0.224 e.